The fourth-order valence-corrected chi connectivity index (χ4v) is 4.15. The second-order valence-corrected chi connectivity index (χ2v) is 7.09. The average Bonchev–Trinajstić information content (AvgIpc) is 2.53. The minimum Gasteiger partial charge on any atom is -0.458 e. The fraction of sp³-hybridized carbons (Fsp3) is 0.438. The molecular weight excluding hydrogens is 300 g/mol. The number of hydrogen-bond acceptors (Lipinski definition) is 5. The van der Waals surface area contributed by atoms with Crippen LogP contribution in [0.5, 0.6) is 0 Å². The van der Waals surface area contributed by atoms with Gasteiger partial charge in [0.1, 0.15) is 6.61 Å². The predicted molar refractivity (Wildman–Crippen MR) is 86.5 cm³/mol. The molecule has 0 spiro atoms. The quantitative estimate of drug-likeness (QED) is 0.489. The number of ether oxygens (including phenoxy) is 1. The van der Waals surface area contributed by atoms with Crippen LogP contribution in [0.4, 0.5) is 0 Å². The lowest BCUT2D eigenvalue weighted by Crippen LogP contribution is -2.49. The van der Waals surface area contributed by atoms with Gasteiger partial charge in [-0.1, -0.05) is 24.8 Å². The van der Waals surface area contributed by atoms with Crippen molar-refractivity contribution in [3.63, 3.8) is 0 Å². The zero-order valence-corrected chi connectivity index (χ0v) is 14.5. The highest BCUT2D eigenvalue weighted by Crippen LogP contribution is 2.20. The van der Waals surface area contributed by atoms with Gasteiger partial charge in [0.15, 0.2) is 0 Å². The van der Waals surface area contributed by atoms with Crippen LogP contribution in [0, 0.1) is 0 Å². The van der Waals surface area contributed by atoms with E-state index in [1.54, 1.807) is 24.3 Å². The molecule has 1 aromatic rings. The third kappa shape index (κ3) is 5.06. The van der Waals surface area contributed by atoms with Crippen LogP contribution in [-0.4, -0.2) is 41.2 Å². The van der Waals surface area contributed by atoms with E-state index in [-0.39, 0.29) is 6.61 Å². The third-order valence-electron chi connectivity index (χ3n) is 2.82. The Morgan fingerprint density at radius 2 is 1.50 bits per heavy atom. The highest BCUT2D eigenvalue weighted by Gasteiger charge is 2.44. The lowest BCUT2D eigenvalue weighted by atomic mass is 10.2. The second kappa shape index (κ2) is 9.53. The molecule has 0 aliphatic heterocycles. The van der Waals surface area contributed by atoms with Crippen LogP contribution in [-0.2, 0) is 18.0 Å². The summed E-state index contributed by atoms with van der Waals surface area (Å²) in [6.07, 6.45) is 0. The van der Waals surface area contributed by atoms with Crippen LogP contribution in [0.25, 0.3) is 0 Å². The lowest BCUT2D eigenvalue weighted by molar-refractivity contribution is 0.0502. The summed E-state index contributed by atoms with van der Waals surface area (Å²) < 4.78 is 22.4. The van der Waals surface area contributed by atoms with E-state index in [9.17, 15) is 4.79 Å². The minimum atomic E-state index is -3.04. The maximum atomic E-state index is 12.0. The highest BCUT2D eigenvalue weighted by atomic mass is 28.4. The maximum absolute atomic E-state index is 12.0. The molecule has 0 radical (unpaired) electrons. The van der Waals surface area contributed by atoms with Crippen molar-refractivity contribution in [2.24, 2.45) is 0 Å². The molecule has 0 aromatic heterocycles. The van der Waals surface area contributed by atoms with Crippen LogP contribution in [0.2, 0.25) is 0 Å². The summed E-state index contributed by atoms with van der Waals surface area (Å²) in [6, 6.07) is 8.80. The van der Waals surface area contributed by atoms with E-state index in [0.29, 0.717) is 30.6 Å². The summed E-state index contributed by atoms with van der Waals surface area (Å²) in [6.45, 7) is 10.9. The summed E-state index contributed by atoms with van der Waals surface area (Å²) in [5.41, 5.74) is 0.492. The summed E-state index contributed by atoms with van der Waals surface area (Å²) in [5.74, 6) is -0.408. The molecule has 0 aliphatic rings. The summed E-state index contributed by atoms with van der Waals surface area (Å²) >= 11 is 0. The molecule has 1 aromatic carbocycles. The zero-order valence-electron chi connectivity index (χ0n) is 13.5. The molecule has 0 bridgehead atoms. The van der Waals surface area contributed by atoms with Crippen LogP contribution in [0.15, 0.2) is 42.1 Å². The predicted octanol–water partition coefficient (Wildman–Crippen LogP) is 2.99. The van der Waals surface area contributed by atoms with Gasteiger partial charge in [0, 0.05) is 25.0 Å². The molecule has 22 heavy (non-hydrogen) atoms. The molecule has 0 amide bonds. The molecule has 0 atom stereocenters. The van der Waals surface area contributed by atoms with Crippen LogP contribution in [0.1, 0.15) is 31.1 Å². The first-order valence-corrected chi connectivity index (χ1v) is 9.14. The van der Waals surface area contributed by atoms with Crippen molar-refractivity contribution in [3.05, 3.63) is 47.7 Å². The first kappa shape index (κ1) is 18.6. The van der Waals surface area contributed by atoms with E-state index in [0.717, 1.165) is 0 Å². The van der Waals surface area contributed by atoms with E-state index in [4.69, 9.17) is 18.0 Å². The first-order valence-electron chi connectivity index (χ1n) is 7.41. The van der Waals surface area contributed by atoms with Gasteiger partial charge >= 0.3 is 14.8 Å². The van der Waals surface area contributed by atoms with Gasteiger partial charge in [-0.3, -0.25) is 0 Å². The Hall–Kier alpha value is -1.47. The number of carbonyl (C=O) groups is 1. The van der Waals surface area contributed by atoms with Crippen LogP contribution >= 0.6 is 0 Å². The number of rotatable bonds is 10. The summed E-state index contributed by atoms with van der Waals surface area (Å²) in [4.78, 5) is 12.0. The van der Waals surface area contributed by atoms with Crippen molar-refractivity contribution in [3.8, 4) is 0 Å². The van der Waals surface area contributed by atoms with Crippen molar-refractivity contribution >= 4 is 14.8 Å². The van der Waals surface area contributed by atoms with Crippen molar-refractivity contribution in [2.45, 2.75) is 20.8 Å². The Balaban J connectivity index is 2.72. The molecule has 0 aliphatic carbocycles. The van der Waals surface area contributed by atoms with Crippen LogP contribution in [0.3, 0.4) is 0 Å². The number of carbonyl (C=O) groups excluding carboxylic acids is 1. The minimum absolute atomic E-state index is 0.0138. The number of hydrogen-bond donors (Lipinski definition) is 0. The van der Waals surface area contributed by atoms with E-state index < -0.39 is 14.8 Å². The van der Waals surface area contributed by atoms with Gasteiger partial charge in [0.25, 0.3) is 0 Å². The van der Waals surface area contributed by atoms with Crippen molar-refractivity contribution in [1.29, 1.82) is 0 Å². The third-order valence-corrected chi connectivity index (χ3v) is 5.84. The Morgan fingerprint density at radius 3 is 1.95 bits per heavy atom. The Morgan fingerprint density at radius 1 is 1.00 bits per heavy atom. The van der Waals surface area contributed by atoms with Gasteiger partial charge in [-0.25, -0.2) is 4.79 Å². The number of esters is 1. The number of benzene rings is 1. The Bertz CT molecular complexity index is 458. The van der Waals surface area contributed by atoms with Gasteiger partial charge < -0.3 is 18.0 Å². The molecule has 0 saturated carbocycles. The van der Waals surface area contributed by atoms with Gasteiger partial charge in [-0.05, 0) is 32.9 Å². The normalized spacial score (nSPS) is 11.2. The molecule has 122 valence electrons. The second-order valence-electron chi connectivity index (χ2n) is 4.40. The van der Waals surface area contributed by atoms with E-state index in [1.807, 2.05) is 26.8 Å². The Kier molecular flexibility index (Phi) is 8.04. The zero-order chi connectivity index (χ0) is 16.4. The van der Waals surface area contributed by atoms with Gasteiger partial charge in [-0.2, -0.15) is 0 Å². The molecule has 0 saturated heterocycles. The van der Waals surface area contributed by atoms with E-state index >= 15 is 0 Å². The monoisotopic (exact) mass is 324 g/mol. The largest absolute Gasteiger partial charge is 0.535 e. The fourth-order valence-electron chi connectivity index (χ4n) is 1.90. The molecule has 0 unspecified atom stereocenters. The standard InChI is InChI=1S/C16H24O5Si/c1-5-19-22(20-6-2,21-7-3)14(4)13-18-16(17)15-11-9-8-10-12-15/h8-12H,4-7,13H2,1-3H3. The summed E-state index contributed by atoms with van der Waals surface area (Å²) in [5, 5.41) is 0.544. The molecule has 0 N–H and O–H groups in total. The van der Waals surface area contributed by atoms with Crippen LogP contribution < -0.4 is 0 Å². The topological polar surface area (TPSA) is 54.0 Å². The molecule has 6 heteroatoms. The SMILES string of the molecule is C=C(COC(=O)c1ccccc1)[Si](OCC)(OCC)OCC. The Labute approximate surface area is 133 Å². The lowest BCUT2D eigenvalue weighted by Gasteiger charge is -2.29. The van der Waals surface area contributed by atoms with E-state index in [1.165, 1.54) is 0 Å². The molecule has 5 nitrogen and oxygen atoms in total. The highest BCUT2D eigenvalue weighted by molar-refractivity contribution is 6.68. The van der Waals surface area contributed by atoms with Gasteiger partial charge in [-0.15, -0.1) is 0 Å². The molecule has 0 fully saturated rings. The van der Waals surface area contributed by atoms with Gasteiger partial charge in [0.05, 0.1) is 5.56 Å². The first-order chi connectivity index (χ1) is 10.6. The smallest absolute Gasteiger partial charge is 0.458 e. The van der Waals surface area contributed by atoms with E-state index in [2.05, 4.69) is 6.58 Å². The molecule has 0 heterocycles. The molecule has 1 rings (SSSR count). The van der Waals surface area contributed by atoms with Gasteiger partial charge in [0.2, 0.25) is 0 Å². The maximum Gasteiger partial charge on any atom is 0.535 e. The van der Waals surface area contributed by atoms with Crippen molar-refractivity contribution < 1.29 is 22.8 Å². The van der Waals surface area contributed by atoms with Crippen molar-refractivity contribution in [1.82, 2.24) is 0 Å². The molecular formula is C16H24O5Si. The van der Waals surface area contributed by atoms with Crippen molar-refractivity contribution in [2.75, 3.05) is 26.4 Å². The average molecular weight is 324 g/mol. The summed E-state index contributed by atoms with van der Waals surface area (Å²) in [7, 11) is -3.04.